The number of benzene rings is 1. The Balaban J connectivity index is 2.33. The molecular formula is C17H27NO. The number of hydrogen-bond acceptors (Lipinski definition) is 2. The van der Waals surface area contributed by atoms with Gasteiger partial charge in [-0.3, -0.25) is 0 Å². The van der Waals surface area contributed by atoms with Gasteiger partial charge >= 0.3 is 0 Å². The minimum Gasteiger partial charge on any atom is -0.373 e. The second-order valence-electron chi connectivity index (χ2n) is 5.91. The molecule has 1 aromatic rings. The van der Waals surface area contributed by atoms with Gasteiger partial charge in [-0.1, -0.05) is 24.6 Å². The van der Waals surface area contributed by atoms with Gasteiger partial charge in [0.1, 0.15) is 0 Å². The molecule has 2 rings (SSSR count). The van der Waals surface area contributed by atoms with Crippen LogP contribution in [-0.2, 0) is 4.74 Å². The van der Waals surface area contributed by atoms with Crippen LogP contribution < -0.4 is 5.32 Å². The molecule has 0 bridgehead atoms. The minimum absolute atomic E-state index is 0.315. The molecule has 0 radical (unpaired) electrons. The van der Waals surface area contributed by atoms with Gasteiger partial charge in [-0.2, -0.15) is 0 Å². The van der Waals surface area contributed by atoms with E-state index < -0.39 is 0 Å². The van der Waals surface area contributed by atoms with Crippen molar-refractivity contribution in [3.63, 3.8) is 0 Å². The van der Waals surface area contributed by atoms with Gasteiger partial charge in [0.2, 0.25) is 0 Å². The zero-order valence-corrected chi connectivity index (χ0v) is 12.9. The van der Waals surface area contributed by atoms with Crippen molar-refractivity contribution < 1.29 is 4.74 Å². The summed E-state index contributed by atoms with van der Waals surface area (Å²) < 4.78 is 6.11. The van der Waals surface area contributed by atoms with E-state index >= 15 is 0 Å². The number of hydrogen-bond donors (Lipinski definition) is 1. The fraction of sp³-hybridized carbons (Fsp3) is 0.647. The van der Waals surface area contributed by atoms with E-state index in [1.165, 1.54) is 28.7 Å². The van der Waals surface area contributed by atoms with Crippen molar-refractivity contribution in [1.82, 2.24) is 5.32 Å². The van der Waals surface area contributed by atoms with Crippen LogP contribution in [-0.4, -0.2) is 18.8 Å². The molecule has 3 unspecified atom stereocenters. The summed E-state index contributed by atoms with van der Waals surface area (Å²) in [4.78, 5) is 0. The summed E-state index contributed by atoms with van der Waals surface area (Å²) in [5, 5.41) is 3.64. The second kappa shape index (κ2) is 6.06. The number of likely N-dealkylation sites (N-methyl/N-ethyl adjacent to an activating group) is 1. The van der Waals surface area contributed by atoms with Crippen LogP contribution in [0, 0.1) is 20.8 Å². The molecule has 0 saturated carbocycles. The van der Waals surface area contributed by atoms with E-state index in [0.717, 1.165) is 13.0 Å². The monoisotopic (exact) mass is 261 g/mol. The van der Waals surface area contributed by atoms with Crippen LogP contribution in [0.25, 0.3) is 0 Å². The minimum atomic E-state index is 0.315. The number of nitrogens with one attached hydrogen (secondary N) is 1. The van der Waals surface area contributed by atoms with Crippen LogP contribution in [0.1, 0.15) is 55.0 Å². The summed E-state index contributed by atoms with van der Waals surface area (Å²) in [7, 11) is 0. The van der Waals surface area contributed by atoms with Gasteiger partial charge < -0.3 is 10.1 Å². The molecule has 1 aliphatic rings. The zero-order chi connectivity index (χ0) is 14.0. The first-order valence-corrected chi connectivity index (χ1v) is 7.49. The Labute approximate surface area is 117 Å². The van der Waals surface area contributed by atoms with Crippen LogP contribution >= 0.6 is 0 Å². The summed E-state index contributed by atoms with van der Waals surface area (Å²) in [6.45, 7) is 11.9. The van der Waals surface area contributed by atoms with E-state index in [1.54, 1.807) is 0 Å². The fourth-order valence-electron chi connectivity index (χ4n) is 3.40. The molecule has 106 valence electrons. The maximum absolute atomic E-state index is 6.11. The molecule has 2 nitrogen and oxygen atoms in total. The Morgan fingerprint density at radius 3 is 2.32 bits per heavy atom. The lowest BCUT2D eigenvalue weighted by Crippen LogP contribution is -2.33. The van der Waals surface area contributed by atoms with E-state index in [9.17, 15) is 0 Å². The van der Waals surface area contributed by atoms with Gasteiger partial charge in [0.25, 0.3) is 0 Å². The normalized spacial score (nSPS) is 24.7. The first kappa shape index (κ1) is 14.5. The average Bonchev–Trinajstić information content (AvgIpc) is 2.73. The van der Waals surface area contributed by atoms with Crippen molar-refractivity contribution >= 4 is 0 Å². The first-order chi connectivity index (χ1) is 9.02. The molecule has 1 heterocycles. The molecule has 0 aliphatic carbocycles. The third-order valence-electron chi connectivity index (χ3n) is 4.11. The van der Waals surface area contributed by atoms with Crippen molar-refractivity contribution in [3.05, 3.63) is 34.4 Å². The third kappa shape index (κ3) is 3.18. The Hall–Kier alpha value is -0.860. The van der Waals surface area contributed by atoms with E-state index in [1.807, 2.05) is 0 Å². The van der Waals surface area contributed by atoms with Gasteiger partial charge in [0.05, 0.1) is 18.2 Å². The second-order valence-corrected chi connectivity index (χ2v) is 5.91. The maximum Gasteiger partial charge on any atom is 0.0774 e. The SMILES string of the molecule is CCNC(c1c(C)cc(C)cc1C)C1CCC(C)O1. The smallest absolute Gasteiger partial charge is 0.0774 e. The van der Waals surface area contributed by atoms with Gasteiger partial charge in [-0.15, -0.1) is 0 Å². The van der Waals surface area contributed by atoms with Gasteiger partial charge in [0, 0.05) is 0 Å². The predicted molar refractivity (Wildman–Crippen MR) is 80.6 cm³/mol. The lowest BCUT2D eigenvalue weighted by molar-refractivity contribution is 0.0317. The highest BCUT2D eigenvalue weighted by molar-refractivity contribution is 5.40. The first-order valence-electron chi connectivity index (χ1n) is 7.49. The molecule has 2 heteroatoms. The largest absolute Gasteiger partial charge is 0.373 e. The third-order valence-corrected chi connectivity index (χ3v) is 4.11. The number of rotatable bonds is 4. The summed E-state index contributed by atoms with van der Waals surface area (Å²) in [6, 6.07) is 4.89. The van der Waals surface area contributed by atoms with Crippen LogP contribution in [0.5, 0.6) is 0 Å². The van der Waals surface area contributed by atoms with Crippen LogP contribution in [0.4, 0.5) is 0 Å². The number of aryl methyl sites for hydroxylation is 3. The van der Waals surface area contributed by atoms with Crippen LogP contribution in [0.2, 0.25) is 0 Å². The molecule has 1 aromatic carbocycles. The number of ether oxygens (including phenoxy) is 1. The van der Waals surface area contributed by atoms with Crippen molar-refractivity contribution in [1.29, 1.82) is 0 Å². The summed E-state index contributed by atoms with van der Waals surface area (Å²) in [5.41, 5.74) is 5.54. The van der Waals surface area contributed by atoms with Crippen LogP contribution in [0.3, 0.4) is 0 Å². The molecule has 19 heavy (non-hydrogen) atoms. The molecule has 0 spiro atoms. The molecule has 0 amide bonds. The summed E-state index contributed by atoms with van der Waals surface area (Å²) in [6.07, 6.45) is 3.05. The van der Waals surface area contributed by atoms with E-state index in [2.05, 4.69) is 52.1 Å². The molecule has 1 N–H and O–H groups in total. The Morgan fingerprint density at radius 2 is 1.84 bits per heavy atom. The standard InChI is InChI=1S/C17H27NO/c1-6-18-17(15-8-7-14(5)19-15)16-12(3)9-11(2)10-13(16)4/h9-10,14-15,17-18H,6-8H2,1-5H3. The Kier molecular flexibility index (Phi) is 4.64. The highest BCUT2D eigenvalue weighted by Crippen LogP contribution is 2.33. The molecule has 3 atom stereocenters. The van der Waals surface area contributed by atoms with Gasteiger partial charge in [0.15, 0.2) is 0 Å². The Morgan fingerprint density at radius 1 is 1.21 bits per heavy atom. The molecule has 1 aliphatic heterocycles. The predicted octanol–water partition coefficient (Wildman–Crippen LogP) is 3.83. The topological polar surface area (TPSA) is 21.3 Å². The maximum atomic E-state index is 6.11. The molecule has 1 saturated heterocycles. The quantitative estimate of drug-likeness (QED) is 0.889. The molecule has 0 aromatic heterocycles. The highest BCUT2D eigenvalue weighted by atomic mass is 16.5. The lowest BCUT2D eigenvalue weighted by Gasteiger charge is -2.28. The summed E-state index contributed by atoms with van der Waals surface area (Å²) >= 11 is 0. The molecular weight excluding hydrogens is 234 g/mol. The lowest BCUT2D eigenvalue weighted by atomic mass is 9.90. The fourth-order valence-corrected chi connectivity index (χ4v) is 3.40. The van der Waals surface area contributed by atoms with Gasteiger partial charge in [-0.05, 0) is 63.8 Å². The average molecular weight is 261 g/mol. The van der Waals surface area contributed by atoms with E-state index in [0.29, 0.717) is 18.2 Å². The zero-order valence-electron chi connectivity index (χ0n) is 12.9. The van der Waals surface area contributed by atoms with Crippen molar-refractivity contribution in [2.75, 3.05) is 6.54 Å². The summed E-state index contributed by atoms with van der Waals surface area (Å²) in [5.74, 6) is 0. The van der Waals surface area contributed by atoms with Crippen molar-refractivity contribution in [2.45, 2.75) is 65.7 Å². The Bertz CT molecular complexity index is 418. The highest BCUT2D eigenvalue weighted by Gasteiger charge is 2.31. The van der Waals surface area contributed by atoms with Gasteiger partial charge in [-0.25, -0.2) is 0 Å². The van der Waals surface area contributed by atoms with E-state index in [4.69, 9.17) is 4.74 Å². The van der Waals surface area contributed by atoms with Crippen LogP contribution in [0.15, 0.2) is 12.1 Å². The van der Waals surface area contributed by atoms with Crippen molar-refractivity contribution in [3.8, 4) is 0 Å². The molecule has 1 fully saturated rings. The van der Waals surface area contributed by atoms with Crippen molar-refractivity contribution in [2.24, 2.45) is 0 Å². The van der Waals surface area contributed by atoms with E-state index in [-0.39, 0.29) is 0 Å².